The number of alkyl halides is 4. The lowest BCUT2D eigenvalue weighted by atomic mass is 10.0. The predicted molar refractivity (Wildman–Crippen MR) is 219 cm³/mol. The Morgan fingerprint density at radius 2 is 0.500 bits per heavy atom. The predicted octanol–water partition coefficient (Wildman–Crippen LogP) is 17.3. The van der Waals surface area contributed by atoms with Crippen LogP contribution in [0, 0.1) is 0 Å². The van der Waals surface area contributed by atoms with E-state index in [0.29, 0.717) is 19.3 Å². The molecule has 0 aliphatic heterocycles. The Morgan fingerprint density at radius 3 is 0.705 bits per heavy atom. The third kappa shape index (κ3) is 38.4. The number of halogens is 4. The van der Waals surface area contributed by atoms with Crippen LogP contribution in [0.15, 0.2) is 0 Å². The second-order valence-electron chi connectivity index (χ2n) is 14.3. The molecule has 0 aromatic carbocycles. The Hall–Kier alpha value is 1.92. The molecule has 0 nitrogen and oxygen atoms in total. The van der Waals surface area contributed by atoms with Crippen LogP contribution in [-0.4, -0.2) is 19.3 Å². The molecule has 0 saturated carbocycles. The summed E-state index contributed by atoms with van der Waals surface area (Å²) in [5.74, 6) is 0. The Labute approximate surface area is 312 Å². The molecule has 0 bridgehead atoms. The first-order valence-electron chi connectivity index (χ1n) is 20.0. The van der Waals surface area contributed by atoms with Crippen molar-refractivity contribution in [3.63, 3.8) is 0 Å². The second-order valence-corrected chi connectivity index (χ2v) is 19.7. The summed E-state index contributed by atoms with van der Waals surface area (Å²) in [6, 6.07) is 0. The van der Waals surface area contributed by atoms with Crippen LogP contribution in [-0.2, 0) is 0 Å². The summed E-state index contributed by atoms with van der Waals surface area (Å²) in [6.07, 6.45) is 49.0. The van der Waals surface area contributed by atoms with Gasteiger partial charge in [-0.25, -0.2) is 0 Å². The average molecular weight is 879 g/mol. The largest absolute Gasteiger partial charge is 0.0893 e. The molecule has 0 spiro atoms. The lowest BCUT2D eigenvalue weighted by molar-refractivity contribution is 0.511. The molecule has 266 valence electrons. The van der Waals surface area contributed by atoms with E-state index in [0.717, 1.165) is 0 Å². The molecule has 0 aliphatic rings. The van der Waals surface area contributed by atoms with Crippen molar-refractivity contribution in [3.8, 4) is 0 Å². The normalized spacial score (nSPS) is 14.6. The monoisotopic (exact) mass is 874 g/mol. The molecule has 0 aliphatic carbocycles. The van der Waals surface area contributed by atoms with Crippen molar-refractivity contribution >= 4 is 63.7 Å². The summed E-state index contributed by atoms with van der Waals surface area (Å²) in [5, 5.41) is 0. The van der Waals surface area contributed by atoms with Gasteiger partial charge in [-0.3, -0.25) is 0 Å². The molecule has 0 rings (SSSR count). The minimum Gasteiger partial charge on any atom is -0.0893 e. The van der Waals surface area contributed by atoms with Gasteiger partial charge >= 0.3 is 0 Å². The van der Waals surface area contributed by atoms with E-state index in [4.69, 9.17) is 0 Å². The highest BCUT2D eigenvalue weighted by molar-refractivity contribution is 9.10. The van der Waals surface area contributed by atoms with Gasteiger partial charge in [0.05, 0.1) is 0 Å². The van der Waals surface area contributed by atoms with Crippen LogP contribution in [0.4, 0.5) is 0 Å². The number of rotatable bonds is 37. The van der Waals surface area contributed by atoms with E-state index < -0.39 is 0 Å². The highest BCUT2D eigenvalue weighted by Crippen LogP contribution is 2.23. The maximum Gasteiger partial charge on any atom is 0.0156 e. The van der Waals surface area contributed by atoms with Crippen LogP contribution in [0.2, 0.25) is 0 Å². The molecule has 0 amide bonds. The van der Waals surface area contributed by atoms with E-state index in [1.54, 1.807) is 0 Å². The minimum absolute atomic E-state index is 0.637. The fraction of sp³-hybridized carbons (Fsp3) is 1.00. The van der Waals surface area contributed by atoms with Crippen LogP contribution in [0.5, 0.6) is 0 Å². The van der Waals surface area contributed by atoms with Gasteiger partial charge in [-0.2, -0.15) is 0 Å². The molecule has 0 fully saturated rings. The third-order valence-electron chi connectivity index (χ3n) is 9.57. The molecule has 0 radical (unpaired) electrons. The molecular weight excluding hydrogens is 800 g/mol. The average Bonchev–Trinajstić information content (AvgIpc) is 2.99. The van der Waals surface area contributed by atoms with Crippen molar-refractivity contribution in [2.45, 2.75) is 251 Å². The highest BCUT2D eigenvalue weighted by atomic mass is 79.9. The summed E-state index contributed by atoms with van der Waals surface area (Å²) in [4.78, 5) is 2.73. The molecular formula is C40H78Br4. The first kappa shape index (κ1) is 45.9. The van der Waals surface area contributed by atoms with E-state index in [1.165, 1.54) is 218 Å². The fourth-order valence-electron chi connectivity index (χ4n) is 6.54. The Balaban J connectivity index is 3.11. The SMILES string of the molecule is CCC(Br)CC(Br)CCCCCCCCCCCCCCCCCCCCCCCCCCCCCCCC(Br)CC(C)Br. The van der Waals surface area contributed by atoms with E-state index in [9.17, 15) is 0 Å². The fourth-order valence-corrected chi connectivity index (χ4v) is 10.1. The van der Waals surface area contributed by atoms with Crippen LogP contribution in [0.25, 0.3) is 0 Å². The number of hydrogen-bond donors (Lipinski definition) is 0. The van der Waals surface area contributed by atoms with Crippen LogP contribution < -0.4 is 0 Å². The van der Waals surface area contributed by atoms with Gasteiger partial charge in [0.2, 0.25) is 0 Å². The molecule has 0 aromatic rings. The van der Waals surface area contributed by atoms with Crippen molar-refractivity contribution in [2.24, 2.45) is 0 Å². The third-order valence-corrected chi connectivity index (χ3v) is 12.6. The van der Waals surface area contributed by atoms with Gasteiger partial charge in [0.1, 0.15) is 0 Å². The summed E-state index contributed by atoms with van der Waals surface area (Å²) in [7, 11) is 0. The van der Waals surface area contributed by atoms with Gasteiger partial charge in [-0.15, -0.1) is 0 Å². The zero-order valence-electron chi connectivity index (χ0n) is 29.9. The summed E-state index contributed by atoms with van der Waals surface area (Å²) in [5.41, 5.74) is 0. The van der Waals surface area contributed by atoms with Gasteiger partial charge in [-0.05, 0) is 32.1 Å². The molecule has 4 heteroatoms. The molecule has 0 aromatic heterocycles. The van der Waals surface area contributed by atoms with Gasteiger partial charge < -0.3 is 0 Å². The second kappa shape index (κ2) is 37.7. The quantitative estimate of drug-likeness (QED) is 0.0431. The zero-order valence-corrected chi connectivity index (χ0v) is 36.2. The van der Waals surface area contributed by atoms with Gasteiger partial charge in [-0.1, -0.05) is 264 Å². The van der Waals surface area contributed by atoms with E-state index >= 15 is 0 Å². The zero-order chi connectivity index (χ0) is 32.4. The molecule has 4 unspecified atom stereocenters. The maximum absolute atomic E-state index is 3.86. The summed E-state index contributed by atoms with van der Waals surface area (Å²) in [6.45, 7) is 4.51. The summed E-state index contributed by atoms with van der Waals surface area (Å²) >= 11 is 15.1. The van der Waals surface area contributed by atoms with Crippen molar-refractivity contribution in [1.29, 1.82) is 0 Å². The molecule has 4 atom stereocenters. The van der Waals surface area contributed by atoms with Crippen molar-refractivity contribution in [1.82, 2.24) is 0 Å². The standard InChI is InChI=1S/C40H78Br4/c1-3-38(42)36-40(44)34-32-30-28-26-24-22-20-18-16-14-12-10-8-6-4-5-7-9-11-13-15-17-19-21-23-25-27-29-31-33-39(43)35-37(2)41/h37-40H,3-36H2,1-2H3. The lowest BCUT2D eigenvalue weighted by Gasteiger charge is -2.12. The van der Waals surface area contributed by atoms with Gasteiger partial charge in [0, 0.05) is 19.3 Å². The number of unbranched alkanes of at least 4 members (excludes halogenated alkanes) is 28. The van der Waals surface area contributed by atoms with Crippen molar-refractivity contribution in [3.05, 3.63) is 0 Å². The first-order chi connectivity index (χ1) is 21.5. The molecule has 0 heterocycles. The Kier molecular flexibility index (Phi) is 39.4. The summed E-state index contributed by atoms with van der Waals surface area (Å²) < 4.78 is 0. The van der Waals surface area contributed by atoms with Crippen molar-refractivity contribution < 1.29 is 0 Å². The van der Waals surface area contributed by atoms with E-state index in [-0.39, 0.29) is 0 Å². The topological polar surface area (TPSA) is 0 Å². The van der Waals surface area contributed by atoms with Crippen molar-refractivity contribution in [2.75, 3.05) is 0 Å². The van der Waals surface area contributed by atoms with Crippen LogP contribution >= 0.6 is 63.7 Å². The van der Waals surface area contributed by atoms with Crippen LogP contribution in [0.1, 0.15) is 232 Å². The Morgan fingerprint density at radius 1 is 0.295 bits per heavy atom. The lowest BCUT2D eigenvalue weighted by Crippen LogP contribution is -2.06. The maximum atomic E-state index is 3.86. The van der Waals surface area contributed by atoms with E-state index in [1.807, 2.05) is 0 Å². The van der Waals surface area contributed by atoms with Gasteiger partial charge in [0.25, 0.3) is 0 Å². The van der Waals surface area contributed by atoms with E-state index in [2.05, 4.69) is 77.6 Å². The minimum atomic E-state index is 0.637. The molecule has 0 N–H and O–H groups in total. The molecule has 44 heavy (non-hydrogen) atoms. The smallest absolute Gasteiger partial charge is 0.0156 e. The number of hydrogen-bond acceptors (Lipinski definition) is 0. The van der Waals surface area contributed by atoms with Gasteiger partial charge in [0.15, 0.2) is 0 Å². The van der Waals surface area contributed by atoms with Crippen LogP contribution in [0.3, 0.4) is 0 Å². The first-order valence-corrected chi connectivity index (χ1v) is 23.7. The highest BCUT2D eigenvalue weighted by Gasteiger charge is 2.09. The Bertz CT molecular complexity index is 526. The molecule has 0 saturated heterocycles.